The molecule has 17 heavy (non-hydrogen) atoms. The molecule has 0 fully saturated rings. The van der Waals surface area contributed by atoms with Gasteiger partial charge in [-0.05, 0) is 11.5 Å². The number of methoxy groups -OCH3 is 1. The largest absolute Gasteiger partial charge is 0.480 e. The van der Waals surface area contributed by atoms with Crippen LogP contribution < -0.4 is 4.74 Å². The molecule has 0 saturated heterocycles. The third kappa shape index (κ3) is 1.76. The molecule has 0 atom stereocenters. The first-order valence-electron chi connectivity index (χ1n) is 4.30. The van der Waals surface area contributed by atoms with Crippen LogP contribution in [-0.4, -0.2) is 21.3 Å². The van der Waals surface area contributed by atoms with E-state index in [1.165, 1.54) is 13.2 Å². The number of aromatic nitrogens is 1. The first-order valence-corrected chi connectivity index (χ1v) is 5.08. The van der Waals surface area contributed by atoms with E-state index in [1.807, 2.05) is 0 Å². The first kappa shape index (κ1) is 11.2. The second-order valence-electron chi connectivity index (χ2n) is 3.04. The van der Waals surface area contributed by atoms with Gasteiger partial charge in [-0.25, -0.2) is 0 Å². The number of nitro groups is 2. The number of fused-ring (bicyclic) bond motifs is 1. The average Bonchev–Trinajstić information content (AvgIpc) is 2.70. The number of rotatable bonds is 3. The van der Waals surface area contributed by atoms with Crippen LogP contribution in [0.25, 0.3) is 10.1 Å². The minimum absolute atomic E-state index is 0.103. The lowest BCUT2D eigenvalue weighted by Crippen LogP contribution is -1.94. The lowest BCUT2D eigenvalue weighted by atomic mass is 10.2. The molecule has 1 aromatic carbocycles. The van der Waals surface area contributed by atoms with Gasteiger partial charge in [0.2, 0.25) is 5.88 Å². The summed E-state index contributed by atoms with van der Waals surface area (Å²) in [5.41, 5.74) is -0.713. The molecule has 0 N–H and O–H groups in total. The van der Waals surface area contributed by atoms with Crippen molar-refractivity contribution in [2.45, 2.75) is 0 Å². The maximum Gasteiger partial charge on any atom is 0.290 e. The summed E-state index contributed by atoms with van der Waals surface area (Å²) in [5, 5.41) is 21.7. The van der Waals surface area contributed by atoms with E-state index in [2.05, 4.69) is 4.37 Å². The highest BCUT2D eigenvalue weighted by Gasteiger charge is 2.24. The Bertz CT molecular complexity index is 623. The minimum atomic E-state index is -0.688. The van der Waals surface area contributed by atoms with Gasteiger partial charge in [-0.2, -0.15) is 4.37 Å². The second kappa shape index (κ2) is 3.94. The number of hydrogen-bond acceptors (Lipinski definition) is 7. The molecule has 1 heterocycles. The van der Waals surface area contributed by atoms with Crippen molar-refractivity contribution in [2.75, 3.05) is 7.11 Å². The van der Waals surface area contributed by atoms with Crippen molar-refractivity contribution in [1.29, 1.82) is 0 Å². The van der Waals surface area contributed by atoms with Gasteiger partial charge in [0.15, 0.2) is 0 Å². The molecule has 0 saturated carbocycles. The minimum Gasteiger partial charge on any atom is -0.480 e. The molecule has 8 nitrogen and oxygen atoms in total. The highest BCUT2D eigenvalue weighted by Crippen LogP contribution is 2.38. The van der Waals surface area contributed by atoms with E-state index >= 15 is 0 Å². The summed E-state index contributed by atoms with van der Waals surface area (Å²) >= 11 is 0.918. The fourth-order valence-electron chi connectivity index (χ4n) is 1.40. The molecule has 0 bridgehead atoms. The standard InChI is InChI=1S/C8H5N3O5S/c1-16-8-7-5(11(14)15)2-4(10(12)13)3-6(7)17-9-8/h2-3H,1H3. The van der Waals surface area contributed by atoms with Gasteiger partial charge in [0.25, 0.3) is 11.4 Å². The molecule has 0 aliphatic rings. The maximum atomic E-state index is 10.9. The third-order valence-corrected chi connectivity index (χ3v) is 2.88. The Balaban J connectivity index is 2.83. The lowest BCUT2D eigenvalue weighted by molar-refractivity contribution is -0.393. The predicted octanol–water partition coefficient (Wildman–Crippen LogP) is 2.12. The van der Waals surface area contributed by atoms with Gasteiger partial charge in [-0.1, -0.05) is 0 Å². The van der Waals surface area contributed by atoms with E-state index in [-0.39, 0.29) is 22.6 Å². The van der Waals surface area contributed by atoms with Crippen LogP contribution in [0.3, 0.4) is 0 Å². The fourth-order valence-corrected chi connectivity index (χ4v) is 2.20. The van der Waals surface area contributed by atoms with Gasteiger partial charge in [-0.3, -0.25) is 20.2 Å². The van der Waals surface area contributed by atoms with Crippen LogP contribution in [0.5, 0.6) is 5.88 Å². The molecule has 0 spiro atoms. The smallest absolute Gasteiger partial charge is 0.290 e. The van der Waals surface area contributed by atoms with Crippen molar-refractivity contribution in [2.24, 2.45) is 0 Å². The van der Waals surface area contributed by atoms with E-state index in [9.17, 15) is 20.2 Å². The Kier molecular flexibility index (Phi) is 2.60. The second-order valence-corrected chi connectivity index (χ2v) is 3.85. The average molecular weight is 255 g/mol. The number of hydrogen-bond donors (Lipinski definition) is 0. The maximum absolute atomic E-state index is 10.9. The Morgan fingerprint density at radius 3 is 2.53 bits per heavy atom. The fraction of sp³-hybridized carbons (Fsp3) is 0.125. The van der Waals surface area contributed by atoms with E-state index in [1.54, 1.807) is 0 Å². The normalized spacial score (nSPS) is 10.4. The summed E-state index contributed by atoms with van der Waals surface area (Å²) in [6.45, 7) is 0. The molecule has 88 valence electrons. The first-order chi connectivity index (χ1) is 8.04. The van der Waals surface area contributed by atoms with E-state index in [0.717, 1.165) is 17.6 Å². The molecule has 0 unspecified atom stereocenters. The van der Waals surface area contributed by atoms with Crippen molar-refractivity contribution >= 4 is 33.0 Å². The molecule has 9 heteroatoms. The highest BCUT2D eigenvalue weighted by molar-refractivity contribution is 7.13. The Labute approximate surface area is 97.9 Å². The molecular weight excluding hydrogens is 250 g/mol. The van der Waals surface area contributed by atoms with Crippen molar-refractivity contribution in [3.05, 3.63) is 32.4 Å². The SMILES string of the molecule is COc1nsc2cc([N+](=O)[O-])cc([N+](=O)[O-])c12. The highest BCUT2D eigenvalue weighted by atomic mass is 32.1. The zero-order valence-electron chi connectivity index (χ0n) is 8.45. The summed E-state index contributed by atoms with van der Waals surface area (Å²) in [7, 11) is 1.33. The number of nitrogens with zero attached hydrogens (tertiary/aromatic N) is 3. The molecule has 2 rings (SSSR count). The van der Waals surface area contributed by atoms with E-state index in [0.29, 0.717) is 4.70 Å². The van der Waals surface area contributed by atoms with Gasteiger partial charge >= 0.3 is 0 Å². The molecule has 1 aromatic heterocycles. The van der Waals surface area contributed by atoms with Gasteiger partial charge in [0, 0.05) is 6.07 Å². The number of nitro benzene ring substituents is 2. The lowest BCUT2D eigenvalue weighted by Gasteiger charge is -1.97. The molecule has 0 amide bonds. The van der Waals surface area contributed by atoms with Crippen LogP contribution in [-0.2, 0) is 0 Å². The monoisotopic (exact) mass is 255 g/mol. The zero-order valence-corrected chi connectivity index (χ0v) is 9.26. The van der Waals surface area contributed by atoms with Gasteiger partial charge in [0.05, 0.1) is 27.7 Å². The Morgan fingerprint density at radius 2 is 2.00 bits per heavy atom. The van der Waals surface area contributed by atoms with Crippen LogP contribution in [0.2, 0.25) is 0 Å². The van der Waals surface area contributed by atoms with Crippen molar-refractivity contribution in [3.63, 3.8) is 0 Å². The number of benzene rings is 1. The van der Waals surface area contributed by atoms with Crippen LogP contribution in [0.1, 0.15) is 0 Å². The quantitative estimate of drug-likeness (QED) is 0.613. The summed E-state index contributed by atoms with van der Waals surface area (Å²) < 4.78 is 9.08. The molecular formula is C8H5N3O5S. The van der Waals surface area contributed by atoms with Crippen molar-refractivity contribution < 1.29 is 14.6 Å². The van der Waals surface area contributed by atoms with Crippen LogP contribution >= 0.6 is 11.5 Å². The summed E-state index contributed by atoms with van der Waals surface area (Å²) in [4.78, 5) is 20.1. The molecule has 2 aromatic rings. The predicted molar refractivity (Wildman–Crippen MR) is 59.5 cm³/mol. The molecule has 0 radical (unpaired) electrons. The van der Waals surface area contributed by atoms with Gasteiger partial charge in [-0.15, -0.1) is 0 Å². The molecule has 0 aliphatic carbocycles. The third-order valence-electron chi connectivity index (χ3n) is 2.11. The Morgan fingerprint density at radius 1 is 1.29 bits per heavy atom. The topological polar surface area (TPSA) is 108 Å². The summed E-state index contributed by atoms with van der Waals surface area (Å²) in [6, 6.07) is 2.14. The Hall–Kier alpha value is -2.29. The summed E-state index contributed by atoms with van der Waals surface area (Å²) in [5.74, 6) is 0.103. The summed E-state index contributed by atoms with van der Waals surface area (Å²) in [6.07, 6.45) is 0. The van der Waals surface area contributed by atoms with Gasteiger partial charge < -0.3 is 4.74 Å². The number of ether oxygens (including phenoxy) is 1. The van der Waals surface area contributed by atoms with Crippen LogP contribution in [0.4, 0.5) is 11.4 Å². The number of non-ortho nitro benzene ring substituents is 2. The van der Waals surface area contributed by atoms with E-state index in [4.69, 9.17) is 4.74 Å². The van der Waals surface area contributed by atoms with Crippen molar-refractivity contribution in [3.8, 4) is 5.88 Å². The van der Waals surface area contributed by atoms with E-state index < -0.39 is 9.85 Å². The van der Waals surface area contributed by atoms with Crippen molar-refractivity contribution in [1.82, 2.24) is 4.37 Å². The zero-order chi connectivity index (χ0) is 12.6. The van der Waals surface area contributed by atoms with Gasteiger partial charge in [0.1, 0.15) is 5.39 Å². The van der Waals surface area contributed by atoms with Crippen LogP contribution in [0, 0.1) is 20.2 Å². The van der Waals surface area contributed by atoms with Crippen LogP contribution in [0.15, 0.2) is 12.1 Å². The molecule has 0 aliphatic heterocycles.